The van der Waals surface area contributed by atoms with Crippen molar-refractivity contribution in [1.82, 2.24) is 14.6 Å². The van der Waals surface area contributed by atoms with Gasteiger partial charge in [0.2, 0.25) is 0 Å². The second-order valence-electron chi connectivity index (χ2n) is 2.43. The van der Waals surface area contributed by atoms with E-state index in [2.05, 4.69) is 14.8 Å². The van der Waals surface area contributed by atoms with Gasteiger partial charge in [-0.25, -0.2) is 14.3 Å². The third-order valence-corrected chi connectivity index (χ3v) is 1.70. The van der Waals surface area contributed by atoms with Crippen LogP contribution in [0, 0.1) is 0 Å². The summed E-state index contributed by atoms with van der Waals surface area (Å²) in [6.07, 6.45) is 4.78. The van der Waals surface area contributed by atoms with E-state index in [-0.39, 0.29) is 5.69 Å². The molecule has 66 valence electrons. The molecule has 0 aliphatic heterocycles. The standard InChI is InChI=1S/C8H7N3O2/c1-13-8(12)7-6-2-3-10-11(6)5-4-9-7/h2-5H,1H3. The lowest BCUT2D eigenvalue weighted by molar-refractivity contribution is 0.0596. The lowest BCUT2D eigenvalue weighted by Crippen LogP contribution is -2.06. The van der Waals surface area contributed by atoms with E-state index in [1.54, 1.807) is 23.0 Å². The summed E-state index contributed by atoms with van der Waals surface area (Å²) in [6, 6.07) is 1.71. The number of carbonyl (C=O) groups is 1. The van der Waals surface area contributed by atoms with E-state index in [0.29, 0.717) is 5.52 Å². The first kappa shape index (κ1) is 7.72. The van der Waals surface area contributed by atoms with Crippen LogP contribution in [0.1, 0.15) is 10.5 Å². The Balaban J connectivity index is 2.67. The molecule has 0 amide bonds. The van der Waals surface area contributed by atoms with Crippen molar-refractivity contribution in [3.8, 4) is 0 Å². The minimum Gasteiger partial charge on any atom is -0.464 e. The number of hydrogen-bond acceptors (Lipinski definition) is 4. The van der Waals surface area contributed by atoms with Gasteiger partial charge in [-0.3, -0.25) is 0 Å². The fraction of sp³-hybridized carbons (Fsp3) is 0.125. The van der Waals surface area contributed by atoms with Gasteiger partial charge in [-0.1, -0.05) is 0 Å². The van der Waals surface area contributed by atoms with Gasteiger partial charge in [0, 0.05) is 12.4 Å². The maximum atomic E-state index is 11.2. The quantitative estimate of drug-likeness (QED) is 0.596. The number of rotatable bonds is 1. The molecule has 0 atom stereocenters. The second kappa shape index (κ2) is 2.85. The lowest BCUT2D eigenvalue weighted by atomic mass is 10.3. The van der Waals surface area contributed by atoms with Crippen molar-refractivity contribution in [2.75, 3.05) is 7.11 Å². The molecule has 0 aliphatic carbocycles. The minimum atomic E-state index is -0.453. The summed E-state index contributed by atoms with van der Waals surface area (Å²) in [5, 5.41) is 3.96. The zero-order valence-electron chi connectivity index (χ0n) is 6.97. The maximum Gasteiger partial charge on any atom is 0.358 e. The molecule has 0 radical (unpaired) electrons. The molecule has 2 aromatic rings. The van der Waals surface area contributed by atoms with Crippen molar-refractivity contribution in [3.63, 3.8) is 0 Å². The Morgan fingerprint density at radius 3 is 3.15 bits per heavy atom. The van der Waals surface area contributed by atoms with E-state index >= 15 is 0 Å². The van der Waals surface area contributed by atoms with Crippen LogP contribution >= 0.6 is 0 Å². The van der Waals surface area contributed by atoms with Gasteiger partial charge in [0.05, 0.1) is 18.8 Å². The van der Waals surface area contributed by atoms with Gasteiger partial charge in [0.1, 0.15) is 0 Å². The monoisotopic (exact) mass is 177 g/mol. The van der Waals surface area contributed by atoms with Crippen molar-refractivity contribution in [2.24, 2.45) is 0 Å². The Hall–Kier alpha value is -1.91. The van der Waals surface area contributed by atoms with E-state index in [4.69, 9.17) is 0 Å². The highest BCUT2D eigenvalue weighted by molar-refractivity contribution is 5.94. The molecule has 0 unspecified atom stereocenters. The average Bonchev–Trinajstić information content (AvgIpc) is 2.63. The van der Waals surface area contributed by atoms with Crippen LogP contribution in [-0.4, -0.2) is 27.7 Å². The third-order valence-electron chi connectivity index (χ3n) is 1.70. The number of carbonyl (C=O) groups excluding carboxylic acids is 1. The van der Waals surface area contributed by atoms with Gasteiger partial charge in [-0.2, -0.15) is 5.10 Å². The summed E-state index contributed by atoms with van der Waals surface area (Å²) in [5.74, 6) is -0.453. The fourth-order valence-electron chi connectivity index (χ4n) is 1.11. The molecular weight excluding hydrogens is 170 g/mol. The molecule has 0 N–H and O–H groups in total. The van der Waals surface area contributed by atoms with Crippen molar-refractivity contribution in [3.05, 3.63) is 30.4 Å². The minimum absolute atomic E-state index is 0.280. The summed E-state index contributed by atoms with van der Waals surface area (Å²) >= 11 is 0. The van der Waals surface area contributed by atoms with Gasteiger partial charge in [-0.05, 0) is 6.07 Å². The Morgan fingerprint density at radius 1 is 1.54 bits per heavy atom. The largest absolute Gasteiger partial charge is 0.464 e. The number of nitrogens with zero attached hydrogens (tertiary/aromatic N) is 3. The van der Waals surface area contributed by atoms with Crippen molar-refractivity contribution >= 4 is 11.5 Å². The van der Waals surface area contributed by atoms with E-state index < -0.39 is 5.97 Å². The smallest absolute Gasteiger partial charge is 0.358 e. The Labute approximate surface area is 74.0 Å². The maximum absolute atomic E-state index is 11.2. The van der Waals surface area contributed by atoms with Crippen LogP contribution in [0.2, 0.25) is 0 Å². The molecular formula is C8H7N3O2. The summed E-state index contributed by atoms with van der Waals surface area (Å²) in [5.41, 5.74) is 0.928. The van der Waals surface area contributed by atoms with Crippen molar-refractivity contribution in [2.45, 2.75) is 0 Å². The number of ether oxygens (including phenoxy) is 1. The van der Waals surface area contributed by atoms with Gasteiger partial charge in [-0.15, -0.1) is 0 Å². The first-order valence-corrected chi connectivity index (χ1v) is 3.69. The van der Waals surface area contributed by atoms with E-state index in [1.807, 2.05) is 0 Å². The lowest BCUT2D eigenvalue weighted by Gasteiger charge is -1.99. The summed E-state index contributed by atoms with van der Waals surface area (Å²) < 4.78 is 6.14. The van der Waals surface area contributed by atoms with Crippen LogP contribution in [0.3, 0.4) is 0 Å². The first-order chi connectivity index (χ1) is 6.33. The van der Waals surface area contributed by atoms with Gasteiger partial charge >= 0.3 is 5.97 Å². The summed E-state index contributed by atoms with van der Waals surface area (Å²) in [4.78, 5) is 15.1. The SMILES string of the molecule is COC(=O)c1nccn2nccc12. The Morgan fingerprint density at radius 2 is 2.38 bits per heavy atom. The third kappa shape index (κ3) is 1.14. The zero-order valence-corrected chi connectivity index (χ0v) is 6.97. The van der Waals surface area contributed by atoms with Gasteiger partial charge in [0.15, 0.2) is 5.69 Å². The fourth-order valence-corrected chi connectivity index (χ4v) is 1.11. The molecule has 5 nitrogen and oxygen atoms in total. The second-order valence-corrected chi connectivity index (χ2v) is 2.43. The van der Waals surface area contributed by atoms with Gasteiger partial charge in [0.25, 0.3) is 0 Å². The molecule has 5 heteroatoms. The molecule has 0 saturated heterocycles. The zero-order chi connectivity index (χ0) is 9.26. The van der Waals surface area contributed by atoms with Crippen LogP contribution in [0.5, 0.6) is 0 Å². The Kier molecular flexibility index (Phi) is 1.70. The Bertz CT molecular complexity index is 449. The first-order valence-electron chi connectivity index (χ1n) is 3.69. The summed E-state index contributed by atoms with van der Waals surface area (Å²) in [7, 11) is 1.32. The van der Waals surface area contributed by atoms with Crippen LogP contribution in [-0.2, 0) is 4.74 Å². The normalized spacial score (nSPS) is 10.2. The number of hydrogen-bond donors (Lipinski definition) is 0. The number of methoxy groups -OCH3 is 1. The van der Waals surface area contributed by atoms with E-state index in [0.717, 1.165) is 0 Å². The molecule has 0 spiro atoms. The van der Waals surface area contributed by atoms with E-state index in [9.17, 15) is 4.79 Å². The molecule has 0 bridgehead atoms. The highest BCUT2D eigenvalue weighted by Gasteiger charge is 2.11. The van der Waals surface area contributed by atoms with Crippen molar-refractivity contribution < 1.29 is 9.53 Å². The topological polar surface area (TPSA) is 56.5 Å². The summed E-state index contributed by atoms with van der Waals surface area (Å²) in [6.45, 7) is 0. The highest BCUT2D eigenvalue weighted by Crippen LogP contribution is 2.07. The predicted molar refractivity (Wildman–Crippen MR) is 44.3 cm³/mol. The van der Waals surface area contributed by atoms with Crippen LogP contribution < -0.4 is 0 Å². The van der Waals surface area contributed by atoms with Crippen LogP contribution in [0.4, 0.5) is 0 Å². The molecule has 0 saturated carbocycles. The van der Waals surface area contributed by atoms with Gasteiger partial charge < -0.3 is 4.74 Å². The van der Waals surface area contributed by atoms with Crippen LogP contribution in [0.15, 0.2) is 24.7 Å². The molecule has 2 aromatic heterocycles. The number of fused-ring (bicyclic) bond motifs is 1. The molecule has 2 rings (SSSR count). The average molecular weight is 177 g/mol. The molecule has 2 heterocycles. The van der Waals surface area contributed by atoms with Crippen molar-refractivity contribution in [1.29, 1.82) is 0 Å². The molecule has 0 aliphatic rings. The van der Waals surface area contributed by atoms with E-state index in [1.165, 1.54) is 13.3 Å². The molecule has 13 heavy (non-hydrogen) atoms. The highest BCUT2D eigenvalue weighted by atomic mass is 16.5. The molecule has 0 aromatic carbocycles. The molecule has 0 fully saturated rings. The van der Waals surface area contributed by atoms with Crippen LogP contribution in [0.25, 0.3) is 5.52 Å². The predicted octanol–water partition coefficient (Wildman–Crippen LogP) is 0.516. The number of esters is 1. The number of aromatic nitrogens is 3.